The van der Waals surface area contributed by atoms with Gasteiger partial charge in [0.25, 0.3) is 0 Å². The van der Waals surface area contributed by atoms with Crippen molar-refractivity contribution >= 4 is 5.91 Å². The lowest BCUT2D eigenvalue weighted by atomic mass is 9.77. The number of β-amino-alcohol motifs (C(OH)–C–C–N with tert-alkyl or cyclic N) is 1. The molecule has 3 rings (SSSR count). The topological polar surface area (TPSA) is 40.5 Å². The van der Waals surface area contributed by atoms with Gasteiger partial charge in [-0.15, -0.1) is 0 Å². The van der Waals surface area contributed by atoms with E-state index in [0.717, 1.165) is 32.2 Å². The van der Waals surface area contributed by atoms with Crippen LogP contribution in [0.1, 0.15) is 56.4 Å². The maximum absolute atomic E-state index is 12.4. The second kappa shape index (κ2) is 7.28. The van der Waals surface area contributed by atoms with E-state index in [0.29, 0.717) is 24.8 Å². The van der Waals surface area contributed by atoms with Crippen LogP contribution in [0.15, 0.2) is 30.3 Å². The van der Waals surface area contributed by atoms with Crippen LogP contribution in [0, 0.1) is 5.92 Å². The molecule has 1 aromatic rings. The number of piperidine rings is 1. The lowest BCUT2D eigenvalue weighted by Crippen LogP contribution is -2.42. The first-order chi connectivity index (χ1) is 10.7. The van der Waals surface area contributed by atoms with Crippen molar-refractivity contribution in [3.8, 4) is 0 Å². The number of carbonyl (C=O) groups is 1. The highest BCUT2D eigenvalue weighted by Crippen LogP contribution is 2.37. The monoisotopic (exact) mass is 301 g/mol. The summed E-state index contributed by atoms with van der Waals surface area (Å²) in [5.74, 6) is 1.46. The highest BCUT2D eigenvalue weighted by atomic mass is 16.3. The van der Waals surface area contributed by atoms with Crippen molar-refractivity contribution in [3.05, 3.63) is 35.9 Å². The predicted octanol–water partition coefficient (Wildman–Crippen LogP) is 3.33. The van der Waals surface area contributed by atoms with E-state index in [-0.39, 0.29) is 12.0 Å². The number of hydrogen-bond acceptors (Lipinski definition) is 2. The number of benzene rings is 1. The van der Waals surface area contributed by atoms with Crippen LogP contribution in [0.5, 0.6) is 0 Å². The predicted molar refractivity (Wildman–Crippen MR) is 87.6 cm³/mol. The molecule has 1 saturated carbocycles. The molecule has 3 heteroatoms. The first-order valence-electron chi connectivity index (χ1n) is 8.73. The zero-order valence-electron chi connectivity index (χ0n) is 13.3. The summed E-state index contributed by atoms with van der Waals surface area (Å²) in [6.07, 6.45) is 6.85. The van der Waals surface area contributed by atoms with Gasteiger partial charge >= 0.3 is 0 Å². The molecule has 2 fully saturated rings. The first-order valence-corrected chi connectivity index (χ1v) is 8.73. The molecular formula is C19H27NO2. The van der Waals surface area contributed by atoms with Crippen LogP contribution in [-0.4, -0.2) is 35.1 Å². The number of aliphatic hydroxyl groups excluding tert-OH is 1. The average Bonchev–Trinajstić information content (AvgIpc) is 2.56. The van der Waals surface area contributed by atoms with Crippen molar-refractivity contribution < 1.29 is 9.90 Å². The van der Waals surface area contributed by atoms with Gasteiger partial charge in [-0.3, -0.25) is 4.79 Å². The van der Waals surface area contributed by atoms with Crippen molar-refractivity contribution in [2.75, 3.05) is 13.1 Å². The van der Waals surface area contributed by atoms with Crippen LogP contribution >= 0.6 is 0 Å². The summed E-state index contributed by atoms with van der Waals surface area (Å²) in [5, 5.41) is 9.70. The Bertz CT molecular complexity index is 479. The quantitative estimate of drug-likeness (QED) is 0.930. The lowest BCUT2D eigenvalue weighted by molar-refractivity contribution is -0.135. The third-order valence-corrected chi connectivity index (χ3v) is 5.33. The fourth-order valence-electron chi connectivity index (χ4n) is 3.98. The van der Waals surface area contributed by atoms with E-state index in [2.05, 4.69) is 30.3 Å². The van der Waals surface area contributed by atoms with Crippen LogP contribution in [-0.2, 0) is 4.79 Å². The van der Waals surface area contributed by atoms with Crippen molar-refractivity contribution in [1.29, 1.82) is 0 Å². The standard InChI is InChI=1S/C19H27NO2/c21-18-7-4-12-20(14-18)19(22)13-15-8-10-17(11-9-15)16-5-2-1-3-6-16/h1-3,5-6,15,17-18,21H,4,7-14H2. The molecule has 1 heterocycles. The molecule has 0 radical (unpaired) electrons. The first kappa shape index (κ1) is 15.5. The average molecular weight is 301 g/mol. The highest BCUT2D eigenvalue weighted by Gasteiger charge is 2.27. The van der Waals surface area contributed by atoms with Gasteiger partial charge in [0.15, 0.2) is 0 Å². The third kappa shape index (κ3) is 3.89. The molecule has 22 heavy (non-hydrogen) atoms. The molecule has 120 valence electrons. The van der Waals surface area contributed by atoms with Gasteiger partial charge in [-0.2, -0.15) is 0 Å². The van der Waals surface area contributed by atoms with Crippen molar-refractivity contribution in [2.24, 2.45) is 5.92 Å². The Kier molecular flexibility index (Phi) is 5.14. The SMILES string of the molecule is O=C(CC1CCC(c2ccccc2)CC1)N1CCCC(O)C1. The fourth-order valence-corrected chi connectivity index (χ4v) is 3.98. The molecule has 0 aromatic heterocycles. The molecule has 1 saturated heterocycles. The Balaban J connectivity index is 1.46. The van der Waals surface area contributed by atoms with Crippen molar-refractivity contribution in [1.82, 2.24) is 4.90 Å². The maximum Gasteiger partial charge on any atom is 0.222 e. The molecule has 1 aliphatic carbocycles. The van der Waals surface area contributed by atoms with Gasteiger partial charge in [0.1, 0.15) is 0 Å². The van der Waals surface area contributed by atoms with Gasteiger partial charge in [-0.1, -0.05) is 30.3 Å². The van der Waals surface area contributed by atoms with Crippen molar-refractivity contribution in [3.63, 3.8) is 0 Å². The second-order valence-corrected chi connectivity index (χ2v) is 6.97. The van der Waals surface area contributed by atoms with Crippen molar-refractivity contribution in [2.45, 2.75) is 57.0 Å². The van der Waals surface area contributed by atoms with Crippen LogP contribution in [0.25, 0.3) is 0 Å². The van der Waals surface area contributed by atoms with Gasteiger partial charge in [-0.25, -0.2) is 0 Å². The van der Waals surface area contributed by atoms with Gasteiger partial charge in [0.2, 0.25) is 5.91 Å². The molecule has 1 N–H and O–H groups in total. The number of carbonyl (C=O) groups excluding carboxylic acids is 1. The molecule has 1 amide bonds. The van der Waals surface area contributed by atoms with Gasteiger partial charge in [-0.05, 0) is 55.9 Å². The normalized spacial score (nSPS) is 29.3. The molecule has 2 aliphatic rings. The van der Waals surface area contributed by atoms with Crippen LogP contribution < -0.4 is 0 Å². The van der Waals surface area contributed by atoms with E-state index >= 15 is 0 Å². The summed E-state index contributed by atoms with van der Waals surface area (Å²) in [7, 11) is 0. The van der Waals surface area contributed by atoms with E-state index in [1.54, 1.807) is 0 Å². The zero-order chi connectivity index (χ0) is 15.4. The Labute approximate surface area is 133 Å². The molecule has 0 spiro atoms. The lowest BCUT2D eigenvalue weighted by Gasteiger charge is -2.33. The summed E-state index contributed by atoms with van der Waals surface area (Å²) in [4.78, 5) is 14.3. The summed E-state index contributed by atoms with van der Waals surface area (Å²) in [5.41, 5.74) is 1.45. The molecule has 3 nitrogen and oxygen atoms in total. The Morgan fingerprint density at radius 3 is 2.50 bits per heavy atom. The smallest absolute Gasteiger partial charge is 0.222 e. The van der Waals surface area contributed by atoms with Crippen LogP contribution in [0.4, 0.5) is 0 Å². The van der Waals surface area contributed by atoms with E-state index in [4.69, 9.17) is 0 Å². The summed E-state index contributed by atoms with van der Waals surface area (Å²) in [6, 6.07) is 10.8. The molecule has 1 atom stereocenters. The largest absolute Gasteiger partial charge is 0.391 e. The summed E-state index contributed by atoms with van der Waals surface area (Å²) < 4.78 is 0. The molecule has 1 aromatic carbocycles. The minimum absolute atomic E-state index is 0.252. The molecular weight excluding hydrogens is 274 g/mol. The number of amides is 1. The van der Waals surface area contributed by atoms with Crippen LogP contribution in [0.2, 0.25) is 0 Å². The van der Waals surface area contributed by atoms with Gasteiger partial charge in [0, 0.05) is 19.5 Å². The minimum Gasteiger partial charge on any atom is -0.391 e. The molecule has 1 unspecified atom stereocenters. The Morgan fingerprint density at radius 2 is 1.82 bits per heavy atom. The van der Waals surface area contributed by atoms with Crippen LogP contribution in [0.3, 0.4) is 0 Å². The molecule has 1 aliphatic heterocycles. The van der Waals surface area contributed by atoms with Gasteiger partial charge < -0.3 is 10.0 Å². The number of rotatable bonds is 3. The molecule has 0 bridgehead atoms. The van der Waals surface area contributed by atoms with Gasteiger partial charge in [0.05, 0.1) is 6.10 Å². The maximum atomic E-state index is 12.4. The summed E-state index contributed by atoms with van der Waals surface area (Å²) >= 11 is 0. The zero-order valence-corrected chi connectivity index (χ0v) is 13.3. The number of likely N-dealkylation sites (tertiary alicyclic amines) is 1. The Morgan fingerprint density at radius 1 is 1.09 bits per heavy atom. The van der Waals surface area contributed by atoms with E-state index in [1.807, 2.05) is 4.90 Å². The van der Waals surface area contributed by atoms with E-state index in [1.165, 1.54) is 18.4 Å². The third-order valence-electron chi connectivity index (χ3n) is 5.33. The number of nitrogens with zero attached hydrogens (tertiary/aromatic N) is 1. The minimum atomic E-state index is -0.313. The summed E-state index contributed by atoms with van der Waals surface area (Å²) in [6.45, 7) is 1.37. The van der Waals surface area contributed by atoms with E-state index in [9.17, 15) is 9.90 Å². The number of aliphatic hydroxyl groups is 1. The number of hydrogen-bond donors (Lipinski definition) is 1. The fraction of sp³-hybridized carbons (Fsp3) is 0.632. The second-order valence-electron chi connectivity index (χ2n) is 6.97. The van der Waals surface area contributed by atoms with E-state index < -0.39 is 0 Å². The Hall–Kier alpha value is -1.35. The highest BCUT2D eigenvalue weighted by molar-refractivity contribution is 5.76.